The van der Waals surface area contributed by atoms with Crippen molar-refractivity contribution in [2.45, 2.75) is 24.9 Å². The quantitative estimate of drug-likeness (QED) is 0.0667. The molecule has 0 amide bonds. The molecule has 2 N–H and O–H groups in total. The summed E-state index contributed by atoms with van der Waals surface area (Å²) in [6.07, 6.45) is 1.88. The van der Waals surface area contributed by atoms with Crippen LogP contribution in [0.25, 0.3) is 0 Å². The normalized spacial score (nSPS) is 11.5. The van der Waals surface area contributed by atoms with E-state index >= 15 is 0 Å². The van der Waals surface area contributed by atoms with E-state index in [2.05, 4.69) is 39.1 Å². The standard InChI is InChI=1S/C9H24NO3Si.C7H18N2O3SSi.2ClH/c1-10(2,3)8-7-9-14(11-4,12-5)13-6;1-10-14(11-2,12-3)6-4-5-9-7(8)13;;/h7-9H2,1-6H3;4-6H2,1-3H3,(H3,8,9,13);2*1H/q+1;;;/p-1. The van der Waals surface area contributed by atoms with E-state index in [-0.39, 0.29) is 30.0 Å². The average Bonchev–Trinajstić information content (AvgIpc) is 2.66. The van der Waals surface area contributed by atoms with E-state index in [1.807, 2.05) is 0 Å². The van der Waals surface area contributed by atoms with Crippen molar-refractivity contribution < 1.29 is 43.4 Å². The number of halogens is 2. The van der Waals surface area contributed by atoms with E-state index in [0.29, 0.717) is 6.54 Å². The Morgan fingerprint density at radius 1 is 0.800 bits per heavy atom. The van der Waals surface area contributed by atoms with Gasteiger partial charge in [0.15, 0.2) is 5.17 Å². The van der Waals surface area contributed by atoms with Gasteiger partial charge < -0.3 is 48.8 Å². The van der Waals surface area contributed by atoms with Gasteiger partial charge in [-0.2, -0.15) is 0 Å². The zero-order valence-electron chi connectivity index (χ0n) is 19.9. The number of rotatable bonds is 14. The molecule has 0 saturated carbocycles. The molecule has 0 unspecified atom stereocenters. The zero-order chi connectivity index (χ0) is 22.3. The third kappa shape index (κ3) is 18.2. The highest BCUT2D eigenvalue weighted by Gasteiger charge is 2.38. The van der Waals surface area contributed by atoms with Crippen LogP contribution in [0.1, 0.15) is 12.8 Å². The fraction of sp³-hybridized carbons (Fsp3) is 0.938. The van der Waals surface area contributed by atoms with Crippen LogP contribution in [0.4, 0.5) is 0 Å². The second-order valence-corrected chi connectivity index (χ2v) is 13.7. The van der Waals surface area contributed by atoms with Crippen molar-refractivity contribution >= 4 is 47.8 Å². The van der Waals surface area contributed by atoms with Gasteiger partial charge in [-0.1, -0.05) is 0 Å². The van der Waals surface area contributed by atoms with Gasteiger partial charge in [-0.3, -0.25) is 5.41 Å². The van der Waals surface area contributed by atoms with Gasteiger partial charge in [0.05, 0.1) is 27.7 Å². The second kappa shape index (κ2) is 20.2. The Hall–Kier alpha value is 0.554. The number of thiol groups is 1. The summed E-state index contributed by atoms with van der Waals surface area (Å²) in [5, 5.41) is 10.00. The molecule has 0 saturated heterocycles. The molecule has 14 heteroatoms. The molecule has 186 valence electrons. The van der Waals surface area contributed by atoms with Crippen molar-refractivity contribution in [3.8, 4) is 0 Å². The van der Waals surface area contributed by atoms with Crippen LogP contribution in [-0.2, 0) is 26.6 Å². The van der Waals surface area contributed by atoms with E-state index < -0.39 is 17.6 Å². The highest BCUT2D eigenvalue weighted by molar-refractivity contribution is 7.96. The van der Waals surface area contributed by atoms with Crippen molar-refractivity contribution in [1.29, 1.82) is 5.41 Å². The van der Waals surface area contributed by atoms with Crippen LogP contribution < -0.4 is 17.7 Å². The summed E-state index contributed by atoms with van der Waals surface area (Å²) in [5.74, 6) is 0. The lowest BCUT2D eigenvalue weighted by Crippen LogP contribution is -3.00. The summed E-state index contributed by atoms with van der Waals surface area (Å²) in [4.78, 5) is 0. The Balaban J connectivity index is -0.000000211. The Morgan fingerprint density at radius 3 is 1.40 bits per heavy atom. The van der Waals surface area contributed by atoms with Gasteiger partial charge in [-0.25, -0.2) is 0 Å². The molecule has 0 fully saturated rings. The maximum absolute atomic E-state index is 7.03. The molecule has 0 aromatic rings. The fourth-order valence-electron chi connectivity index (χ4n) is 2.39. The average molecular weight is 533 g/mol. The lowest BCUT2D eigenvalue weighted by atomic mass is 10.4. The molecule has 0 bridgehead atoms. The van der Waals surface area contributed by atoms with E-state index in [0.717, 1.165) is 36.0 Å². The van der Waals surface area contributed by atoms with Crippen LogP contribution in [0.3, 0.4) is 0 Å². The minimum atomic E-state index is -2.42. The predicted octanol–water partition coefficient (Wildman–Crippen LogP) is -0.905. The molecule has 0 radical (unpaired) electrons. The molecule has 0 aromatic carbocycles. The first kappa shape index (κ1) is 37.8. The van der Waals surface area contributed by atoms with Gasteiger partial charge in [0.1, 0.15) is 0 Å². The Morgan fingerprint density at radius 2 is 1.13 bits per heavy atom. The summed E-state index contributed by atoms with van der Waals surface area (Å²) >= 11 is 3.80. The predicted molar refractivity (Wildman–Crippen MR) is 127 cm³/mol. The molecule has 0 atom stereocenters. The first-order valence-electron chi connectivity index (χ1n) is 9.12. The minimum Gasteiger partial charge on any atom is -1.00 e. The lowest BCUT2D eigenvalue weighted by molar-refractivity contribution is -0.870. The van der Waals surface area contributed by atoms with Crippen molar-refractivity contribution in [2.75, 3.05) is 76.9 Å². The van der Waals surface area contributed by atoms with Gasteiger partial charge in [0.25, 0.3) is 0 Å². The van der Waals surface area contributed by atoms with Crippen LogP contribution in [0.5, 0.6) is 0 Å². The largest absolute Gasteiger partial charge is 1.00 e. The lowest BCUT2D eigenvalue weighted by Gasteiger charge is -2.27. The summed E-state index contributed by atoms with van der Waals surface area (Å²) < 4.78 is 32.7. The van der Waals surface area contributed by atoms with E-state index in [4.69, 9.17) is 32.0 Å². The molecular formula is C16H43Cl2N3O6SSi2. The summed E-state index contributed by atoms with van der Waals surface area (Å²) in [6, 6.07) is 1.61. The maximum atomic E-state index is 7.03. The van der Waals surface area contributed by atoms with Gasteiger partial charge in [0.2, 0.25) is 0 Å². The molecule has 0 aromatic heterocycles. The Kier molecular flexibility index (Phi) is 25.5. The monoisotopic (exact) mass is 531 g/mol. The third-order valence-electron chi connectivity index (χ3n) is 4.13. The minimum absolute atomic E-state index is 0. The van der Waals surface area contributed by atoms with Crippen LogP contribution in [0.15, 0.2) is 0 Å². The molecule has 9 nitrogen and oxygen atoms in total. The Labute approximate surface area is 203 Å². The van der Waals surface area contributed by atoms with E-state index in [1.54, 1.807) is 42.7 Å². The summed E-state index contributed by atoms with van der Waals surface area (Å²) in [6.45, 7) is 1.78. The molecule has 0 spiro atoms. The highest BCUT2D eigenvalue weighted by atomic mass is 35.5. The molecule has 30 heavy (non-hydrogen) atoms. The van der Waals surface area contributed by atoms with Gasteiger partial charge in [-0.15, -0.1) is 25.0 Å². The summed E-state index contributed by atoms with van der Waals surface area (Å²) in [5.41, 5.74) is 0. The van der Waals surface area contributed by atoms with Gasteiger partial charge in [0, 0.05) is 67.7 Å². The summed E-state index contributed by atoms with van der Waals surface area (Å²) in [7, 11) is 11.5. The molecule has 0 heterocycles. The number of hydrogen-bond donors (Lipinski definition) is 3. The zero-order valence-corrected chi connectivity index (χ0v) is 24.3. The third-order valence-corrected chi connectivity index (χ3v) is 9.95. The van der Waals surface area contributed by atoms with Gasteiger partial charge >= 0.3 is 17.6 Å². The number of nitrogens with one attached hydrogen (secondary N) is 2. The topological polar surface area (TPSA) is 91.3 Å². The second-order valence-electron chi connectivity index (χ2n) is 7.09. The van der Waals surface area contributed by atoms with Crippen LogP contribution in [0, 0.1) is 5.41 Å². The van der Waals surface area contributed by atoms with Crippen LogP contribution in [0.2, 0.25) is 12.1 Å². The number of quaternary nitrogens is 1. The molecular weight excluding hydrogens is 489 g/mol. The molecule has 0 aliphatic carbocycles. The smallest absolute Gasteiger partial charge is 0.500 e. The van der Waals surface area contributed by atoms with Crippen molar-refractivity contribution in [2.24, 2.45) is 0 Å². The highest BCUT2D eigenvalue weighted by Crippen LogP contribution is 2.16. The first-order valence-corrected chi connectivity index (χ1v) is 13.4. The molecule has 0 rings (SSSR count). The first-order chi connectivity index (χ1) is 13.0. The van der Waals surface area contributed by atoms with Crippen molar-refractivity contribution in [3.05, 3.63) is 0 Å². The molecule has 0 aliphatic rings. The number of amidine groups is 1. The number of hydrogen-bond acceptors (Lipinski definition) is 7. The van der Waals surface area contributed by atoms with Crippen molar-refractivity contribution in [3.63, 3.8) is 0 Å². The van der Waals surface area contributed by atoms with Crippen LogP contribution >= 0.6 is 25.0 Å². The van der Waals surface area contributed by atoms with Gasteiger partial charge in [-0.05, 0) is 6.42 Å². The Bertz CT molecular complexity index is 402. The fourth-order valence-corrected chi connectivity index (χ4v) is 5.93. The van der Waals surface area contributed by atoms with E-state index in [9.17, 15) is 0 Å². The maximum Gasteiger partial charge on any atom is 0.500 e. The SMILES string of the molecule is CO[Si](CCCNC(=N)S)(OC)OC.CO[Si](CCC[N+](C)(C)C)(OC)OC.Cl.[Cl-]. The number of nitrogens with zero attached hydrogens (tertiary/aromatic N) is 1. The molecule has 0 aliphatic heterocycles. The van der Waals surface area contributed by atoms with Crippen LogP contribution in [-0.4, -0.2) is 104 Å². The van der Waals surface area contributed by atoms with Crippen molar-refractivity contribution in [1.82, 2.24) is 5.32 Å². The van der Waals surface area contributed by atoms with E-state index in [1.165, 1.54) is 0 Å².